The molecule has 4 rings (SSSR count). The fraction of sp³-hybridized carbons (Fsp3) is 0.500. The van der Waals surface area contributed by atoms with Crippen LogP contribution in [0.25, 0.3) is 0 Å². The standard InChI is InChI=1S/C8H12O3S2.C7H11NS.C4H4S.C3H6O.C2H6O2S/c1-7(11-13(2,9)10)6-8-4-3-5-12-8;1-6(8)5-7-3-2-4-9-7;1-2-4-5-3-1;1-3-2-4-3;1-5(2,3)4/h3-5,7H,6H2,1-2H3;2-4,6H,5,8H2,1H3;1-4H;3H,2H2,1H3;1-2H3/t7-;6-;;3-;/m01.0./s1. The molecule has 3 aromatic heterocycles. The van der Waals surface area contributed by atoms with Crippen LogP contribution in [-0.2, 0) is 41.7 Å². The zero-order valence-electron chi connectivity index (χ0n) is 21.7. The maximum Gasteiger partial charge on any atom is 0.264 e. The van der Waals surface area contributed by atoms with Gasteiger partial charge >= 0.3 is 0 Å². The minimum absolute atomic E-state index is 0.284. The summed E-state index contributed by atoms with van der Waals surface area (Å²) in [4.78, 5) is 2.51. The van der Waals surface area contributed by atoms with Crippen molar-refractivity contribution in [3.63, 3.8) is 0 Å². The van der Waals surface area contributed by atoms with Crippen molar-refractivity contribution in [2.24, 2.45) is 5.73 Å². The van der Waals surface area contributed by atoms with Gasteiger partial charge in [-0.3, -0.25) is 4.18 Å². The molecule has 1 aliphatic rings. The Balaban J connectivity index is 0.000000460. The predicted molar refractivity (Wildman–Crippen MR) is 156 cm³/mol. The highest BCUT2D eigenvalue weighted by Gasteiger charge is 2.13. The number of hydrogen-bond donors (Lipinski definition) is 1. The number of sulfone groups is 1. The second-order valence-electron chi connectivity index (χ2n) is 8.24. The minimum Gasteiger partial charge on any atom is -0.373 e. The third kappa shape index (κ3) is 29.1. The van der Waals surface area contributed by atoms with E-state index in [-0.39, 0.29) is 6.10 Å². The van der Waals surface area contributed by atoms with Crippen molar-refractivity contribution >= 4 is 54.0 Å². The van der Waals surface area contributed by atoms with E-state index < -0.39 is 20.0 Å². The van der Waals surface area contributed by atoms with Gasteiger partial charge in [0.2, 0.25) is 0 Å². The lowest BCUT2D eigenvalue weighted by Crippen LogP contribution is -2.16. The van der Waals surface area contributed by atoms with Crippen LogP contribution in [0.2, 0.25) is 0 Å². The molecule has 1 saturated heterocycles. The lowest BCUT2D eigenvalue weighted by Gasteiger charge is -2.08. The summed E-state index contributed by atoms with van der Waals surface area (Å²) in [6.45, 7) is 6.82. The van der Waals surface area contributed by atoms with Crippen LogP contribution in [0.15, 0.2) is 57.9 Å². The molecule has 12 heteroatoms. The maximum absolute atomic E-state index is 10.8. The second kappa shape index (κ2) is 19.0. The Morgan fingerprint density at radius 1 is 0.917 bits per heavy atom. The fourth-order valence-corrected chi connectivity index (χ4v) is 4.90. The van der Waals surface area contributed by atoms with E-state index in [2.05, 4.69) is 24.4 Å². The summed E-state index contributed by atoms with van der Waals surface area (Å²) in [7, 11) is -5.99. The van der Waals surface area contributed by atoms with Gasteiger partial charge in [-0.15, -0.1) is 22.7 Å². The van der Waals surface area contributed by atoms with Gasteiger partial charge in [0.05, 0.1) is 25.1 Å². The average molecular weight is 598 g/mol. The maximum atomic E-state index is 10.8. The van der Waals surface area contributed by atoms with Gasteiger partial charge in [-0.2, -0.15) is 19.8 Å². The van der Waals surface area contributed by atoms with Crippen molar-refractivity contribution in [2.75, 3.05) is 25.4 Å². The lowest BCUT2D eigenvalue weighted by molar-refractivity contribution is 0.233. The molecular weight excluding hydrogens is 559 g/mol. The van der Waals surface area contributed by atoms with Crippen molar-refractivity contribution < 1.29 is 25.8 Å². The third-order valence-electron chi connectivity index (χ3n) is 3.44. The third-order valence-corrected chi connectivity index (χ3v) is 6.54. The van der Waals surface area contributed by atoms with Gasteiger partial charge in [-0.05, 0) is 60.8 Å². The molecule has 2 N–H and O–H groups in total. The quantitative estimate of drug-likeness (QED) is 0.310. The molecule has 3 atom stereocenters. The van der Waals surface area contributed by atoms with Crippen molar-refractivity contribution in [3.05, 3.63) is 67.7 Å². The highest BCUT2D eigenvalue weighted by Crippen LogP contribution is 2.13. The molecule has 4 heterocycles. The number of nitrogens with two attached hydrogens (primary N) is 1. The van der Waals surface area contributed by atoms with Crippen molar-refractivity contribution in [1.29, 1.82) is 0 Å². The normalized spacial score (nSPS) is 15.7. The first-order chi connectivity index (χ1) is 16.7. The number of epoxide rings is 1. The van der Waals surface area contributed by atoms with Crippen molar-refractivity contribution in [3.8, 4) is 0 Å². The topological polar surface area (TPSA) is 116 Å². The molecule has 0 bridgehead atoms. The van der Waals surface area contributed by atoms with Crippen LogP contribution in [0.5, 0.6) is 0 Å². The molecule has 0 radical (unpaired) electrons. The summed E-state index contributed by atoms with van der Waals surface area (Å²) in [6.07, 6.45) is 5.34. The molecule has 0 saturated carbocycles. The van der Waals surface area contributed by atoms with Gasteiger partial charge in [0, 0.05) is 34.7 Å². The second-order valence-corrected chi connectivity index (χ2v) is 15.0. The monoisotopic (exact) mass is 597 g/mol. The predicted octanol–water partition coefficient (Wildman–Crippen LogP) is 5.11. The van der Waals surface area contributed by atoms with E-state index in [0.29, 0.717) is 18.6 Å². The van der Waals surface area contributed by atoms with Gasteiger partial charge in [-0.1, -0.05) is 24.3 Å². The summed E-state index contributed by atoms with van der Waals surface area (Å²) in [5, 5.41) is 8.13. The molecule has 0 spiro atoms. The van der Waals surface area contributed by atoms with Gasteiger partial charge in [-0.25, -0.2) is 8.42 Å². The minimum atomic E-state index is -3.32. The van der Waals surface area contributed by atoms with E-state index in [1.54, 1.807) is 40.9 Å². The molecule has 0 aromatic carbocycles. The molecule has 0 amide bonds. The van der Waals surface area contributed by atoms with Gasteiger partial charge in [0.25, 0.3) is 10.1 Å². The molecule has 206 valence electrons. The van der Waals surface area contributed by atoms with E-state index >= 15 is 0 Å². The van der Waals surface area contributed by atoms with Crippen LogP contribution in [0.1, 0.15) is 30.5 Å². The first kappa shape index (κ1) is 34.9. The zero-order valence-corrected chi connectivity index (χ0v) is 25.8. The first-order valence-electron chi connectivity index (χ1n) is 11.1. The Labute approximate surface area is 229 Å². The van der Waals surface area contributed by atoms with Crippen LogP contribution in [0.3, 0.4) is 0 Å². The van der Waals surface area contributed by atoms with Crippen molar-refractivity contribution in [1.82, 2.24) is 0 Å². The smallest absolute Gasteiger partial charge is 0.264 e. The summed E-state index contributed by atoms with van der Waals surface area (Å²) in [5.74, 6) is 0. The molecular formula is C24H39NO6S5. The first-order valence-corrected chi connectivity index (χ1v) is 17.9. The Morgan fingerprint density at radius 2 is 1.33 bits per heavy atom. The van der Waals surface area contributed by atoms with E-state index in [1.807, 2.05) is 47.3 Å². The number of ether oxygens (including phenoxy) is 1. The Kier molecular flexibility index (Phi) is 18.4. The highest BCUT2D eigenvalue weighted by atomic mass is 32.2. The van der Waals surface area contributed by atoms with E-state index in [4.69, 9.17) is 14.7 Å². The van der Waals surface area contributed by atoms with E-state index in [1.165, 1.54) is 4.88 Å². The molecule has 36 heavy (non-hydrogen) atoms. The van der Waals surface area contributed by atoms with Crippen LogP contribution in [0, 0.1) is 0 Å². The van der Waals surface area contributed by atoms with Gasteiger partial charge in [0.1, 0.15) is 9.84 Å². The molecule has 1 aliphatic heterocycles. The average Bonchev–Trinajstić information content (AvgIpc) is 3.24. The molecule has 0 aliphatic carbocycles. The summed E-state index contributed by atoms with van der Waals surface area (Å²) in [5.41, 5.74) is 5.59. The SMILES string of the molecule is CS(C)(=O)=O.C[C@@H](Cc1cccs1)OS(C)(=O)=O.C[C@@H](N)Cc1cccs1.C[C@H]1CO1.c1ccsc1. The lowest BCUT2D eigenvalue weighted by atomic mass is 10.2. The highest BCUT2D eigenvalue weighted by molar-refractivity contribution is 7.89. The van der Waals surface area contributed by atoms with Crippen molar-refractivity contribution in [2.45, 2.75) is 51.9 Å². The Bertz CT molecular complexity index is 1050. The zero-order chi connectivity index (χ0) is 27.6. The molecule has 0 unspecified atom stereocenters. The van der Waals surface area contributed by atoms with Crippen LogP contribution in [0.4, 0.5) is 0 Å². The summed E-state index contributed by atoms with van der Waals surface area (Å²) < 4.78 is 50.3. The number of hydrogen-bond acceptors (Lipinski definition) is 10. The fourth-order valence-electron chi connectivity index (χ4n) is 2.11. The van der Waals surface area contributed by atoms with Gasteiger partial charge in [0.15, 0.2) is 0 Å². The summed E-state index contributed by atoms with van der Waals surface area (Å²) in [6, 6.07) is 12.4. The molecule has 3 aromatic rings. The van der Waals surface area contributed by atoms with Gasteiger partial charge < -0.3 is 10.5 Å². The van der Waals surface area contributed by atoms with E-state index in [0.717, 1.165) is 36.7 Å². The number of rotatable bonds is 6. The largest absolute Gasteiger partial charge is 0.373 e. The molecule has 1 fully saturated rings. The van der Waals surface area contributed by atoms with E-state index in [9.17, 15) is 16.8 Å². The van der Waals surface area contributed by atoms with Crippen LogP contribution >= 0.6 is 34.0 Å². The number of thiophene rings is 3. The van der Waals surface area contributed by atoms with Crippen LogP contribution < -0.4 is 5.73 Å². The Hall–Kier alpha value is -1.12. The Morgan fingerprint density at radius 3 is 1.58 bits per heavy atom. The molecule has 7 nitrogen and oxygen atoms in total. The summed E-state index contributed by atoms with van der Waals surface area (Å²) >= 11 is 5.09. The van der Waals surface area contributed by atoms with Crippen LogP contribution in [-0.4, -0.2) is 60.5 Å².